The van der Waals surface area contributed by atoms with Gasteiger partial charge in [0.05, 0.1) is 6.67 Å². The normalized spacial score (nSPS) is 10.7. The number of rotatable bonds is 6. The summed E-state index contributed by atoms with van der Waals surface area (Å²) in [6.07, 6.45) is 16.3. The van der Waals surface area contributed by atoms with Gasteiger partial charge in [0.1, 0.15) is 0 Å². The van der Waals surface area contributed by atoms with Gasteiger partial charge in [0.15, 0.2) is 0 Å². The molecule has 8 aromatic carbocycles. The van der Waals surface area contributed by atoms with Gasteiger partial charge >= 0.3 is 0 Å². The van der Waals surface area contributed by atoms with Crippen molar-refractivity contribution < 1.29 is 44.8 Å². The van der Waals surface area contributed by atoms with E-state index in [0.29, 0.717) is 6.67 Å². The zero-order chi connectivity index (χ0) is 38.8. The van der Waals surface area contributed by atoms with Crippen molar-refractivity contribution in [1.29, 1.82) is 0 Å². The first-order valence-corrected chi connectivity index (χ1v) is 19.2. The van der Waals surface area contributed by atoms with Crippen LogP contribution in [-0.2, 0) is 57.6 Å². The van der Waals surface area contributed by atoms with Crippen LogP contribution >= 0.6 is 0 Å². The Morgan fingerprint density at radius 2 is 0.627 bits per heavy atom. The van der Waals surface area contributed by atoms with E-state index in [1.165, 1.54) is 67.3 Å². The topological polar surface area (TPSA) is 6.48 Å². The van der Waals surface area contributed by atoms with Crippen molar-refractivity contribution in [3.05, 3.63) is 252 Å². The van der Waals surface area contributed by atoms with E-state index in [0.717, 1.165) is 24.0 Å². The van der Waals surface area contributed by atoms with Gasteiger partial charge in [0.2, 0.25) is 0 Å². The molecular weight excluding hydrogens is 1080 g/mol. The average Bonchev–Trinajstić information content (AvgIpc) is 3.86. The van der Waals surface area contributed by atoms with E-state index in [9.17, 15) is 0 Å². The Labute approximate surface area is 380 Å². The largest absolute Gasteiger partial charge is 0.366 e. The van der Waals surface area contributed by atoms with E-state index < -0.39 is 0 Å². The molecule has 0 unspecified atom stereocenters. The molecule has 0 spiro atoms. The second-order valence-corrected chi connectivity index (χ2v) is 14.0. The fourth-order valence-electron chi connectivity index (χ4n) is 7.60. The van der Waals surface area contributed by atoms with E-state index in [-0.39, 0.29) is 44.8 Å². The van der Waals surface area contributed by atoms with Crippen LogP contribution in [0.4, 0.5) is 22.7 Å². The summed E-state index contributed by atoms with van der Waals surface area (Å²) in [5, 5.41) is 0. The first-order valence-electron chi connectivity index (χ1n) is 19.2. The Morgan fingerprint density at radius 1 is 0.339 bits per heavy atom. The predicted octanol–water partition coefficient (Wildman–Crippen LogP) is 13.0. The standard InChI is InChI=1S/C25H22N2.2C15H9.2Au/c1-5-13-22(14-6-1)26(23-15-7-2-8-16-23)21-27(24-17-9-3-10-18-24)25-19-11-4-12-20-25;2*1-2-11-7-8-13-10-12-5-3-4-6-14(12)15(13)9-11;;/h1-20H,21H2;2*3-9H,10H2;;/q;2*-1;;. The van der Waals surface area contributed by atoms with Crippen LogP contribution in [0.3, 0.4) is 0 Å². The van der Waals surface area contributed by atoms with Crippen molar-refractivity contribution in [3.63, 3.8) is 0 Å². The summed E-state index contributed by atoms with van der Waals surface area (Å²) < 4.78 is 0. The number of para-hydroxylation sites is 4. The molecule has 0 bridgehead atoms. The smallest absolute Gasteiger partial charge is 0.0999 e. The summed E-state index contributed by atoms with van der Waals surface area (Å²) in [6, 6.07) is 71.3. The van der Waals surface area contributed by atoms with Gasteiger partial charge in [-0.15, -0.1) is 35.4 Å². The molecule has 59 heavy (non-hydrogen) atoms. The summed E-state index contributed by atoms with van der Waals surface area (Å²) in [5.74, 6) is 4.87. The van der Waals surface area contributed by atoms with E-state index in [4.69, 9.17) is 12.8 Å². The molecule has 0 saturated carbocycles. The van der Waals surface area contributed by atoms with Gasteiger partial charge in [-0.1, -0.05) is 133 Å². The molecule has 2 nitrogen and oxygen atoms in total. The number of benzene rings is 8. The van der Waals surface area contributed by atoms with Crippen LogP contribution in [0.25, 0.3) is 22.3 Å². The SMILES string of the molecule is [Au].[Au].[C-]#Cc1ccc2c(c1)-c1ccccc1C2.[C-]#Cc1ccc2c(c1)-c1ccccc1C2.c1ccc(N(CN(c2ccccc2)c2ccccc2)c2ccccc2)cc1. The van der Waals surface area contributed by atoms with Crippen LogP contribution in [0.2, 0.25) is 0 Å². The second kappa shape index (κ2) is 20.6. The maximum atomic E-state index is 7.14. The maximum absolute atomic E-state index is 7.14. The fraction of sp³-hybridized carbons (Fsp3) is 0.0545. The molecule has 0 amide bonds. The van der Waals surface area contributed by atoms with E-state index in [1.807, 2.05) is 24.3 Å². The monoisotopic (exact) mass is 1120 g/mol. The molecule has 0 aromatic heterocycles. The number of nitrogens with zero attached hydrogens (tertiary/aromatic N) is 2. The van der Waals surface area contributed by atoms with E-state index in [2.05, 4.69) is 204 Å². The summed E-state index contributed by atoms with van der Waals surface area (Å²) in [5.41, 5.74) is 17.0. The molecule has 0 N–H and O–H groups in total. The van der Waals surface area contributed by atoms with Crippen LogP contribution in [0, 0.1) is 24.7 Å². The van der Waals surface area contributed by atoms with Crippen molar-refractivity contribution >= 4 is 22.7 Å². The number of hydrogen-bond donors (Lipinski definition) is 0. The third-order valence-electron chi connectivity index (χ3n) is 10.4. The molecule has 0 saturated heterocycles. The summed E-state index contributed by atoms with van der Waals surface area (Å²) in [6.45, 7) is 0.710. The molecule has 2 aliphatic carbocycles. The van der Waals surface area contributed by atoms with Crippen LogP contribution in [0.15, 0.2) is 206 Å². The Balaban J connectivity index is 0.000000156. The number of anilines is 4. The van der Waals surface area contributed by atoms with Gasteiger partial charge in [0, 0.05) is 67.5 Å². The zero-order valence-corrected chi connectivity index (χ0v) is 36.6. The molecule has 2 radical (unpaired) electrons. The van der Waals surface area contributed by atoms with E-state index >= 15 is 0 Å². The van der Waals surface area contributed by atoms with Gasteiger partial charge in [0.25, 0.3) is 0 Å². The maximum Gasteiger partial charge on any atom is 0.0999 e. The Hall–Kier alpha value is -6.04. The quantitative estimate of drug-likeness (QED) is 0.0709. The number of fused-ring (bicyclic) bond motifs is 6. The third-order valence-corrected chi connectivity index (χ3v) is 10.4. The van der Waals surface area contributed by atoms with E-state index in [1.54, 1.807) is 0 Å². The fourth-order valence-corrected chi connectivity index (χ4v) is 7.60. The molecule has 4 heteroatoms. The Bertz CT molecular complexity index is 2420. The van der Waals surface area contributed by atoms with Gasteiger partial charge in [-0.3, -0.25) is 11.8 Å². The molecule has 10 rings (SSSR count). The Morgan fingerprint density at radius 3 is 0.949 bits per heavy atom. The summed E-state index contributed by atoms with van der Waals surface area (Å²) in [4.78, 5) is 4.67. The van der Waals surface area contributed by atoms with Crippen LogP contribution in [0.5, 0.6) is 0 Å². The Kier molecular flexibility index (Phi) is 14.9. The van der Waals surface area contributed by atoms with Gasteiger partial charge in [-0.25, -0.2) is 0 Å². The third kappa shape index (κ3) is 9.99. The molecule has 0 atom stereocenters. The zero-order valence-electron chi connectivity index (χ0n) is 32.2. The average molecular weight is 1120 g/mol. The minimum absolute atomic E-state index is 0. The second-order valence-electron chi connectivity index (χ2n) is 14.0. The van der Waals surface area contributed by atoms with Crippen molar-refractivity contribution in [3.8, 4) is 34.1 Å². The first-order chi connectivity index (χ1) is 28.2. The van der Waals surface area contributed by atoms with Gasteiger partial charge < -0.3 is 22.6 Å². The van der Waals surface area contributed by atoms with Crippen LogP contribution in [-0.4, -0.2) is 6.67 Å². The van der Waals surface area contributed by atoms with Crippen molar-refractivity contribution in [2.45, 2.75) is 12.8 Å². The molecule has 2 aliphatic rings. The van der Waals surface area contributed by atoms with Crippen LogP contribution in [0.1, 0.15) is 33.4 Å². The summed E-state index contributed by atoms with van der Waals surface area (Å²) >= 11 is 0. The summed E-state index contributed by atoms with van der Waals surface area (Å²) in [7, 11) is 0. The molecule has 0 aliphatic heterocycles. The first kappa shape index (κ1) is 42.6. The molecule has 0 fully saturated rings. The molecule has 0 heterocycles. The van der Waals surface area contributed by atoms with Crippen molar-refractivity contribution in [2.75, 3.05) is 16.5 Å². The molecule has 8 aromatic rings. The van der Waals surface area contributed by atoms with Gasteiger partial charge in [-0.2, -0.15) is 0 Å². The molecule has 294 valence electrons. The number of hydrogen-bond acceptors (Lipinski definition) is 2. The minimum Gasteiger partial charge on any atom is -0.366 e. The van der Waals surface area contributed by atoms with Crippen molar-refractivity contribution in [2.24, 2.45) is 0 Å². The predicted molar refractivity (Wildman–Crippen MR) is 237 cm³/mol. The van der Waals surface area contributed by atoms with Crippen LogP contribution < -0.4 is 9.80 Å². The minimum atomic E-state index is 0. The molecular formula is C55H40Au2N2-2. The van der Waals surface area contributed by atoms with Gasteiger partial charge in [-0.05, 0) is 106 Å². The van der Waals surface area contributed by atoms with Crippen molar-refractivity contribution in [1.82, 2.24) is 0 Å².